The van der Waals surface area contributed by atoms with Crippen LogP contribution in [0.1, 0.15) is 50.4 Å². The molecule has 1 saturated carbocycles. The van der Waals surface area contributed by atoms with E-state index in [1.807, 2.05) is 6.20 Å². The molecule has 1 heterocycles. The molecule has 0 aliphatic heterocycles. The number of rotatable bonds is 4. The van der Waals surface area contributed by atoms with E-state index < -0.39 is 0 Å². The van der Waals surface area contributed by atoms with Crippen LogP contribution in [0.25, 0.3) is 0 Å². The molecule has 0 saturated heterocycles. The Bertz CT molecular complexity index is 264. The molecule has 4 heteroatoms. The highest BCUT2D eigenvalue weighted by molar-refractivity contribution is 4.95. The van der Waals surface area contributed by atoms with Crippen molar-refractivity contribution in [3.63, 3.8) is 0 Å². The molecule has 1 aromatic heterocycles. The van der Waals surface area contributed by atoms with Crippen LogP contribution in [0.4, 0.5) is 0 Å². The van der Waals surface area contributed by atoms with Gasteiger partial charge in [0, 0.05) is 12.4 Å². The standard InChI is InChI=1S/C11H20N4/c12-15-10(11-13-6-7-14-11)8-9-4-2-1-3-5-9/h6-7,9-10,15H,1-5,8,12H2,(H,13,14). The van der Waals surface area contributed by atoms with Crippen LogP contribution in [-0.2, 0) is 0 Å². The second-order valence-corrected chi connectivity index (χ2v) is 4.43. The maximum atomic E-state index is 5.57. The van der Waals surface area contributed by atoms with Gasteiger partial charge in [-0.2, -0.15) is 0 Å². The monoisotopic (exact) mass is 208 g/mol. The minimum atomic E-state index is 0.183. The molecular formula is C11H20N4. The third kappa shape index (κ3) is 2.79. The summed E-state index contributed by atoms with van der Waals surface area (Å²) in [5, 5.41) is 0. The summed E-state index contributed by atoms with van der Waals surface area (Å²) in [4.78, 5) is 7.38. The zero-order chi connectivity index (χ0) is 10.5. The van der Waals surface area contributed by atoms with Crippen molar-refractivity contribution < 1.29 is 0 Å². The van der Waals surface area contributed by atoms with Gasteiger partial charge in [0.2, 0.25) is 0 Å². The molecule has 84 valence electrons. The number of H-pyrrole nitrogens is 1. The number of nitrogens with one attached hydrogen (secondary N) is 2. The number of aromatic amines is 1. The Hall–Kier alpha value is -0.870. The van der Waals surface area contributed by atoms with Crippen molar-refractivity contribution in [2.24, 2.45) is 11.8 Å². The van der Waals surface area contributed by atoms with Crippen molar-refractivity contribution in [2.45, 2.75) is 44.6 Å². The largest absolute Gasteiger partial charge is 0.347 e. The van der Waals surface area contributed by atoms with E-state index in [0.29, 0.717) is 0 Å². The van der Waals surface area contributed by atoms with E-state index in [1.165, 1.54) is 32.1 Å². The minimum absolute atomic E-state index is 0.183. The predicted molar refractivity (Wildman–Crippen MR) is 59.8 cm³/mol. The van der Waals surface area contributed by atoms with Crippen molar-refractivity contribution in [3.05, 3.63) is 18.2 Å². The number of nitrogens with zero attached hydrogens (tertiary/aromatic N) is 1. The number of aromatic nitrogens is 2. The van der Waals surface area contributed by atoms with Crippen molar-refractivity contribution in [1.29, 1.82) is 0 Å². The third-order valence-corrected chi connectivity index (χ3v) is 3.34. The third-order valence-electron chi connectivity index (χ3n) is 3.34. The fraction of sp³-hybridized carbons (Fsp3) is 0.727. The lowest BCUT2D eigenvalue weighted by atomic mass is 9.85. The molecule has 0 bridgehead atoms. The van der Waals surface area contributed by atoms with Crippen LogP contribution in [0, 0.1) is 5.92 Å². The molecule has 1 aromatic rings. The summed E-state index contributed by atoms with van der Waals surface area (Å²) in [6, 6.07) is 0.183. The van der Waals surface area contributed by atoms with Crippen LogP contribution in [0.15, 0.2) is 12.4 Å². The van der Waals surface area contributed by atoms with Gasteiger partial charge >= 0.3 is 0 Å². The average Bonchev–Trinajstić information content (AvgIpc) is 2.81. The summed E-state index contributed by atoms with van der Waals surface area (Å²) in [5.41, 5.74) is 2.86. The summed E-state index contributed by atoms with van der Waals surface area (Å²) >= 11 is 0. The van der Waals surface area contributed by atoms with Gasteiger partial charge in [0.25, 0.3) is 0 Å². The molecule has 1 aliphatic carbocycles. The van der Waals surface area contributed by atoms with E-state index >= 15 is 0 Å². The first-order chi connectivity index (χ1) is 7.40. The highest BCUT2D eigenvalue weighted by Gasteiger charge is 2.20. The van der Waals surface area contributed by atoms with E-state index in [-0.39, 0.29) is 6.04 Å². The zero-order valence-corrected chi connectivity index (χ0v) is 9.08. The molecule has 0 aromatic carbocycles. The Morgan fingerprint density at radius 1 is 1.47 bits per heavy atom. The number of nitrogens with two attached hydrogens (primary N) is 1. The quantitative estimate of drug-likeness (QED) is 0.523. The van der Waals surface area contributed by atoms with Gasteiger partial charge in [-0.15, -0.1) is 0 Å². The maximum Gasteiger partial charge on any atom is 0.124 e. The van der Waals surface area contributed by atoms with Crippen molar-refractivity contribution in [3.8, 4) is 0 Å². The van der Waals surface area contributed by atoms with Crippen molar-refractivity contribution in [2.75, 3.05) is 0 Å². The first-order valence-electron chi connectivity index (χ1n) is 5.85. The molecule has 4 N–H and O–H groups in total. The molecule has 0 radical (unpaired) electrons. The van der Waals surface area contributed by atoms with Crippen LogP contribution in [0.3, 0.4) is 0 Å². The summed E-state index contributed by atoms with van der Waals surface area (Å²) in [6.45, 7) is 0. The molecule has 1 unspecified atom stereocenters. The number of hydrazine groups is 1. The normalized spacial score (nSPS) is 20.3. The Morgan fingerprint density at radius 3 is 2.87 bits per heavy atom. The Balaban J connectivity index is 1.90. The van der Waals surface area contributed by atoms with Gasteiger partial charge < -0.3 is 4.98 Å². The molecule has 1 aliphatic rings. The summed E-state index contributed by atoms with van der Waals surface area (Å²) in [6.07, 6.45) is 11.6. The van der Waals surface area contributed by atoms with Gasteiger partial charge in [-0.05, 0) is 12.3 Å². The highest BCUT2D eigenvalue weighted by atomic mass is 15.2. The van der Waals surface area contributed by atoms with Crippen molar-refractivity contribution >= 4 is 0 Å². The molecule has 2 rings (SSSR count). The second kappa shape index (κ2) is 5.28. The van der Waals surface area contributed by atoms with E-state index in [4.69, 9.17) is 5.84 Å². The Morgan fingerprint density at radius 2 is 2.27 bits per heavy atom. The van der Waals surface area contributed by atoms with Gasteiger partial charge in [-0.1, -0.05) is 32.1 Å². The smallest absolute Gasteiger partial charge is 0.124 e. The molecule has 0 spiro atoms. The van der Waals surface area contributed by atoms with Gasteiger partial charge in [0.05, 0.1) is 6.04 Å². The SMILES string of the molecule is NNC(CC1CCCCC1)c1ncc[nH]1. The second-order valence-electron chi connectivity index (χ2n) is 4.43. The molecule has 15 heavy (non-hydrogen) atoms. The van der Waals surface area contributed by atoms with Crippen molar-refractivity contribution in [1.82, 2.24) is 15.4 Å². The lowest BCUT2D eigenvalue weighted by Crippen LogP contribution is -2.31. The molecular weight excluding hydrogens is 188 g/mol. The van der Waals surface area contributed by atoms with Crippen LogP contribution in [0.5, 0.6) is 0 Å². The lowest BCUT2D eigenvalue weighted by molar-refractivity contribution is 0.296. The highest BCUT2D eigenvalue weighted by Crippen LogP contribution is 2.30. The van der Waals surface area contributed by atoms with Crippen LogP contribution >= 0.6 is 0 Å². The van der Waals surface area contributed by atoms with E-state index in [1.54, 1.807) is 6.20 Å². The first kappa shape index (κ1) is 10.6. The number of hydrogen-bond donors (Lipinski definition) is 3. The van der Waals surface area contributed by atoms with Crippen LogP contribution in [0.2, 0.25) is 0 Å². The van der Waals surface area contributed by atoms with Gasteiger partial charge in [-0.3, -0.25) is 5.84 Å². The molecule has 1 fully saturated rings. The van der Waals surface area contributed by atoms with Gasteiger partial charge in [0.1, 0.15) is 5.82 Å². The Labute approximate surface area is 90.6 Å². The molecule has 4 nitrogen and oxygen atoms in total. The van der Waals surface area contributed by atoms with E-state index in [9.17, 15) is 0 Å². The minimum Gasteiger partial charge on any atom is -0.347 e. The first-order valence-corrected chi connectivity index (χ1v) is 5.85. The number of hydrogen-bond acceptors (Lipinski definition) is 3. The summed E-state index contributed by atoms with van der Waals surface area (Å²) < 4.78 is 0. The summed E-state index contributed by atoms with van der Waals surface area (Å²) in [7, 11) is 0. The summed E-state index contributed by atoms with van der Waals surface area (Å²) in [5.74, 6) is 7.34. The Kier molecular flexibility index (Phi) is 3.75. The van der Waals surface area contributed by atoms with E-state index in [2.05, 4.69) is 15.4 Å². The molecule has 1 atom stereocenters. The van der Waals surface area contributed by atoms with Crippen LogP contribution in [-0.4, -0.2) is 9.97 Å². The van der Waals surface area contributed by atoms with Crippen LogP contribution < -0.4 is 11.3 Å². The zero-order valence-electron chi connectivity index (χ0n) is 9.08. The topological polar surface area (TPSA) is 66.7 Å². The average molecular weight is 208 g/mol. The predicted octanol–water partition coefficient (Wildman–Crippen LogP) is 1.88. The lowest BCUT2D eigenvalue weighted by Gasteiger charge is -2.25. The van der Waals surface area contributed by atoms with Gasteiger partial charge in [0.15, 0.2) is 0 Å². The number of imidazole rings is 1. The fourth-order valence-corrected chi connectivity index (χ4v) is 2.48. The maximum absolute atomic E-state index is 5.57. The van der Waals surface area contributed by atoms with E-state index in [0.717, 1.165) is 18.2 Å². The fourth-order valence-electron chi connectivity index (χ4n) is 2.48. The molecule has 0 amide bonds. The van der Waals surface area contributed by atoms with Gasteiger partial charge in [-0.25, -0.2) is 10.4 Å².